The van der Waals surface area contributed by atoms with Crippen LogP contribution in [0.3, 0.4) is 0 Å². The Balaban J connectivity index is 0.00000180. The molecule has 0 bridgehead atoms. The monoisotopic (exact) mass is 392 g/mol. The van der Waals surface area contributed by atoms with Gasteiger partial charge in [0.05, 0.1) is 18.3 Å². The van der Waals surface area contributed by atoms with Crippen LogP contribution in [-0.4, -0.2) is 60.9 Å². The topological polar surface area (TPSA) is 91.0 Å². The Kier molecular flexibility index (Phi) is 4.47. The molecule has 8 nitrogen and oxygen atoms in total. The summed E-state index contributed by atoms with van der Waals surface area (Å²) >= 11 is 0. The predicted octanol–water partition coefficient (Wildman–Crippen LogP) is 0.0400. The fourth-order valence-electron chi connectivity index (χ4n) is 4.39. The molecule has 4 heterocycles. The van der Waals surface area contributed by atoms with Gasteiger partial charge in [0, 0.05) is 37.2 Å². The van der Waals surface area contributed by atoms with E-state index in [1.807, 2.05) is 12.1 Å². The summed E-state index contributed by atoms with van der Waals surface area (Å²) in [7, 11) is 0. The third-order valence-electron chi connectivity index (χ3n) is 5.73. The highest BCUT2D eigenvalue weighted by atomic mass is 35.5. The number of imide groups is 1. The lowest BCUT2D eigenvalue weighted by molar-refractivity contribution is -0.136. The number of hydrogen-bond donors (Lipinski definition) is 2. The number of piperidine rings is 1. The van der Waals surface area contributed by atoms with Crippen LogP contribution in [0.15, 0.2) is 12.1 Å². The van der Waals surface area contributed by atoms with Crippen molar-refractivity contribution in [1.29, 1.82) is 0 Å². The molecule has 4 aliphatic heterocycles. The second-order valence-electron chi connectivity index (χ2n) is 7.20. The first-order valence-electron chi connectivity index (χ1n) is 9.04. The normalized spacial score (nSPS) is 26.4. The van der Waals surface area contributed by atoms with Gasteiger partial charge in [-0.25, -0.2) is 0 Å². The van der Waals surface area contributed by atoms with Crippen LogP contribution in [-0.2, 0) is 16.1 Å². The maximum absolute atomic E-state index is 12.9. The van der Waals surface area contributed by atoms with Gasteiger partial charge in [-0.2, -0.15) is 0 Å². The summed E-state index contributed by atoms with van der Waals surface area (Å²) in [6, 6.07) is 3.50. The maximum atomic E-state index is 12.9. The van der Waals surface area contributed by atoms with Gasteiger partial charge in [-0.1, -0.05) is 0 Å². The third-order valence-corrected chi connectivity index (χ3v) is 5.73. The second-order valence-corrected chi connectivity index (χ2v) is 7.20. The number of piperazine rings is 1. The van der Waals surface area contributed by atoms with E-state index in [0.29, 0.717) is 31.2 Å². The number of halogens is 1. The minimum absolute atomic E-state index is 0. The number of nitrogens with zero attached hydrogens (tertiary/aromatic N) is 2. The first-order valence-corrected chi connectivity index (χ1v) is 9.04. The van der Waals surface area contributed by atoms with Crippen molar-refractivity contribution in [1.82, 2.24) is 15.5 Å². The Morgan fingerprint density at radius 1 is 1.15 bits per heavy atom. The van der Waals surface area contributed by atoms with Crippen LogP contribution >= 0.6 is 12.4 Å². The lowest BCUT2D eigenvalue weighted by Gasteiger charge is -2.42. The van der Waals surface area contributed by atoms with Crippen molar-refractivity contribution in [3.05, 3.63) is 23.3 Å². The van der Waals surface area contributed by atoms with Crippen molar-refractivity contribution in [3.8, 4) is 5.75 Å². The van der Waals surface area contributed by atoms with Gasteiger partial charge in [-0.3, -0.25) is 19.7 Å². The standard InChI is InChI=1S/C18H20N4O4.ClH/c23-15-4-3-14(17(24)20-15)22-8-12-11(18(22)25)1-2-13-16(12)26-9-10-7-19-5-6-21(10)13;/h1-2,10,14,19H,3-9H2,(H,20,23,24);1H/t10-,14-;/m1./s1. The minimum Gasteiger partial charge on any atom is -0.489 e. The number of fused-ring (bicyclic) bond motifs is 5. The van der Waals surface area contributed by atoms with E-state index in [-0.39, 0.29) is 36.5 Å². The lowest BCUT2D eigenvalue weighted by atomic mass is 10.0. The second kappa shape index (κ2) is 6.69. The smallest absolute Gasteiger partial charge is 0.255 e. The zero-order valence-electron chi connectivity index (χ0n) is 14.7. The van der Waals surface area contributed by atoms with E-state index >= 15 is 0 Å². The number of hydrogen-bond acceptors (Lipinski definition) is 6. The van der Waals surface area contributed by atoms with Crippen LogP contribution in [0.25, 0.3) is 0 Å². The van der Waals surface area contributed by atoms with Crippen molar-refractivity contribution in [3.63, 3.8) is 0 Å². The molecule has 0 aliphatic carbocycles. The van der Waals surface area contributed by atoms with E-state index in [1.165, 1.54) is 0 Å². The summed E-state index contributed by atoms with van der Waals surface area (Å²) in [5.74, 6) is -0.0626. The number of nitrogens with one attached hydrogen (secondary N) is 2. The number of ether oxygens (including phenoxy) is 1. The van der Waals surface area contributed by atoms with Gasteiger partial charge in [0.1, 0.15) is 18.4 Å². The van der Waals surface area contributed by atoms with Gasteiger partial charge in [0.2, 0.25) is 11.8 Å². The van der Waals surface area contributed by atoms with Gasteiger partial charge in [0.15, 0.2) is 0 Å². The summed E-state index contributed by atoms with van der Waals surface area (Å²) in [5, 5.41) is 5.71. The van der Waals surface area contributed by atoms with Gasteiger partial charge >= 0.3 is 0 Å². The van der Waals surface area contributed by atoms with E-state index in [2.05, 4.69) is 15.5 Å². The molecule has 1 aromatic rings. The average Bonchev–Trinajstić information content (AvgIpc) is 2.98. The maximum Gasteiger partial charge on any atom is 0.255 e. The molecule has 0 spiro atoms. The molecule has 0 aromatic heterocycles. The number of carbonyl (C=O) groups is 3. The first kappa shape index (κ1) is 18.1. The molecule has 4 aliphatic rings. The molecule has 2 N–H and O–H groups in total. The fraction of sp³-hybridized carbons (Fsp3) is 0.500. The Hall–Kier alpha value is -2.32. The minimum atomic E-state index is -0.598. The molecule has 2 saturated heterocycles. The zero-order valence-corrected chi connectivity index (χ0v) is 15.5. The van der Waals surface area contributed by atoms with E-state index in [9.17, 15) is 14.4 Å². The lowest BCUT2D eigenvalue weighted by Crippen LogP contribution is -2.55. The Labute approximate surface area is 162 Å². The van der Waals surface area contributed by atoms with E-state index in [4.69, 9.17) is 4.74 Å². The van der Waals surface area contributed by atoms with Crippen LogP contribution in [0.2, 0.25) is 0 Å². The quantitative estimate of drug-likeness (QED) is 0.656. The molecule has 0 unspecified atom stereocenters. The van der Waals surface area contributed by atoms with Crippen LogP contribution in [0.1, 0.15) is 28.8 Å². The number of benzene rings is 1. The summed E-state index contributed by atoms with van der Waals surface area (Å²) in [4.78, 5) is 40.4. The summed E-state index contributed by atoms with van der Waals surface area (Å²) in [6.45, 7) is 3.65. The average molecular weight is 393 g/mol. The Bertz CT molecular complexity index is 830. The van der Waals surface area contributed by atoms with E-state index in [1.54, 1.807) is 4.90 Å². The molecule has 0 saturated carbocycles. The number of amides is 3. The highest BCUT2D eigenvalue weighted by Crippen LogP contribution is 2.43. The van der Waals surface area contributed by atoms with Gasteiger partial charge in [-0.05, 0) is 18.6 Å². The molecule has 9 heteroatoms. The fourth-order valence-corrected chi connectivity index (χ4v) is 4.39. The van der Waals surface area contributed by atoms with Crippen molar-refractivity contribution >= 4 is 35.8 Å². The van der Waals surface area contributed by atoms with Gasteiger partial charge in [-0.15, -0.1) is 12.4 Å². The molecule has 27 heavy (non-hydrogen) atoms. The molecule has 3 amide bonds. The van der Waals surface area contributed by atoms with Crippen molar-refractivity contribution < 1.29 is 19.1 Å². The van der Waals surface area contributed by atoms with Gasteiger partial charge < -0.3 is 19.9 Å². The molecule has 5 rings (SSSR count). The number of carbonyl (C=O) groups excluding carboxylic acids is 3. The third kappa shape index (κ3) is 2.74. The Morgan fingerprint density at radius 3 is 2.81 bits per heavy atom. The Morgan fingerprint density at radius 2 is 2.00 bits per heavy atom. The summed E-state index contributed by atoms with van der Waals surface area (Å²) in [5.41, 5.74) is 2.48. The molecule has 2 fully saturated rings. The molecule has 1 aromatic carbocycles. The van der Waals surface area contributed by atoms with E-state index in [0.717, 1.165) is 36.6 Å². The highest BCUT2D eigenvalue weighted by Gasteiger charge is 2.42. The van der Waals surface area contributed by atoms with Crippen LogP contribution in [0, 0.1) is 0 Å². The largest absolute Gasteiger partial charge is 0.489 e. The van der Waals surface area contributed by atoms with Crippen LogP contribution in [0.5, 0.6) is 5.75 Å². The van der Waals surface area contributed by atoms with Crippen molar-refractivity contribution in [2.75, 3.05) is 31.1 Å². The number of anilines is 1. The predicted molar refractivity (Wildman–Crippen MR) is 99.2 cm³/mol. The molecule has 2 atom stereocenters. The number of rotatable bonds is 1. The van der Waals surface area contributed by atoms with E-state index < -0.39 is 6.04 Å². The first-order chi connectivity index (χ1) is 12.6. The molecular weight excluding hydrogens is 372 g/mol. The highest BCUT2D eigenvalue weighted by molar-refractivity contribution is 6.06. The van der Waals surface area contributed by atoms with Crippen molar-refractivity contribution in [2.24, 2.45) is 0 Å². The summed E-state index contributed by atoms with van der Waals surface area (Å²) < 4.78 is 6.05. The SMILES string of the molecule is Cl.O=C1CC[C@@H](N2Cc3c(ccc4c3OC[C@H]3CNCCN43)C2=O)C(=O)N1. The molecule has 0 radical (unpaired) electrons. The summed E-state index contributed by atoms with van der Waals surface area (Å²) in [6.07, 6.45) is 0.626. The molecule has 144 valence electrons. The van der Waals surface area contributed by atoms with Crippen molar-refractivity contribution in [2.45, 2.75) is 31.5 Å². The molecular formula is C18H21ClN4O4. The van der Waals surface area contributed by atoms with Crippen LogP contribution in [0.4, 0.5) is 5.69 Å². The zero-order chi connectivity index (χ0) is 17.8. The van der Waals surface area contributed by atoms with Gasteiger partial charge in [0.25, 0.3) is 5.91 Å². The van der Waals surface area contributed by atoms with Crippen LogP contribution < -0.4 is 20.3 Å².